The molecule has 0 spiro atoms. The van der Waals surface area contributed by atoms with Crippen molar-refractivity contribution in [3.63, 3.8) is 0 Å². The molecule has 1 fully saturated rings. The lowest BCUT2D eigenvalue weighted by molar-refractivity contribution is -0.0193. The van der Waals surface area contributed by atoms with Crippen LogP contribution in [0.2, 0.25) is 0 Å². The van der Waals surface area contributed by atoms with Gasteiger partial charge in [-0.1, -0.05) is 65.5 Å². The first-order chi connectivity index (χ1) is 7.90. The van der Waals surface area contributed by atoms with Crippen molar-refractivity contribution in [1.82, 2.24) is 0 Å². The van der Waals surface area contributed by atoms with E-state index in [1.807, 2.05) is 0 Å². The van der Waals surface area contributed by atoms with Gasteiger partial charge in [-0.05, 0) is 18.4 Å². The van der Waals surface area contributed by atoms with Gasteiger partial charge in [-0.2, -0.15) is 0 Å². The summed E-state index contributed by atoms with van der Waals surface area (Å²) in [5, 5.41) is 0.882. The lowest BCUT2D eigenvalue weighted by Crippen LogP contribution is -2.20. The Hall–Kier alpha value is -0.340. The summed E-state index contributed by atoms with van der Waals surface area (Å²) in [6, 6.07) is 10.5. The van der Waals surface area contributed by atoms with Crippen LogP contribution in [0.25, 0.3) is 0 Å². The summed E-state index contributed by atoms with van der Waals surface area (Å²) < 4.78 is 6.18. The predicted octanol–water partition coefficient (Wildman–Crippen LogP) is 4.47. The Kier molecular flexibility index (Phi) is 4.86. The molecule has 0 aromatic heterocycles. The summed E-state index contributed by atoms with van der Waals surface area (Å²) in [5.41, 5.74) is 1.28. The van der Waals surface area contributed by atoms with E-state index in [1.54, 1.807) is 0 Å². The largest absolute Gasteiger partial charge is 0.369 e. The van der Waals surface area contributed by atoms with Crippen LogP contribution in [0.4, 0.5) is 0 Å². The predicted molar refractivity (Wildman–Crippen MR) is 70.9 cm³/mol. The van der Waals surface area contributed by atoms with Gasteiger partial charge in [0.25, 0.3) is 0 Å². The molecule has 0 saturated heterocycles. The van der Waals surface area contributed by atoms with Crippen LogP contribution in [-0.4, -0.2) is 11.4 Å². The van der Waals surface area contributed by atoms with E-state index in [1.165, 1.54) is 37.7 Å². The molecular formula is C14H19BrO. The first-order valence-corrected chi connectivity index (χ1v) is 7.28. The molecule has 88 valence electrons. The number of benzene rings is 1. The van der Waals surface area contributed by atoms with Crippen molar-refractivity contribution in [3.05, 3.63) is 35.9 Å². The van der Waals surface area contributed by atoms with Crippen LogP contribution in [0.3, 0.4) is 0 Å². The molecule has 2 heteroatoms. The number of ether oxygens (including phenoxy) is 1. The zero-order chi connectivity index (χ0) is 11.2. The van der Waals surface area contributed by atoms with Crippen molar-refractivity contribution in [2.75, 3.05) is 5.33 Å². The monoisotopic (exact) mass is 282 g/mol. The molecule has 1 aromatic carbocycles. The molecule has 1 nitrogen and oxygen atoms in total. The van der Waals surface area contributed by atoms with E-state index in [-0.39, 0.29) is 6.10 Å². The van der Waals surface area contributed by atoms with E-state index >= 15 is 0 Å². The van der Waals surface area contributed by atoms with Gasteiger partial charge < -0.3 is 4.74 Å². The van der Waals surface area contributed by atoms with Crippen molar-refractivity contribution in [1.29, 1.82) is 0 Å². The van der Waals surface area contributed by atoms with Crippen LogP contribution >= 0.6 is 15.9 Å². The first kappa shape index (κ1) is 12.1. The minimum atomic E-state index is 0.212. The van der Waals surface area contributed by atoms with Crippen LogP contribution in [0.5, 0.6) is 0 Å². The van der Waals surface area contributed by atoms with Crippen LogP contribution < -0.4 is 0 Å². The first-order valence-electron chi connectivity index (χ1n) is 6.16. The minimum absolute atomic E-state index is 0.212. The average molecular weight is 283 g/mol. The van der Waals surface area contributed by atoms with Gasteiger partial charge in [-0.25, -0.2) is 0 Å². The van der Waals surface area contributed by atoms with Crippen molar-refractivity contribution in [3.8, 4) is 0 Å². The van der Waals surface area contributed by atoms with Crippen molar-refractivity contribution < 1.29 is 4.74 Å². The molecule has 1 saturated carbocycles. The summed E-state index contributed by atoms with van der Waals surface area (Å²) in [6.45, 7) is 0. The highest BCUT2D eigenvalue weighted by Crippen LogP contribution is 2.27. The van der Waals surface area contributed by atoms with E-state index < -0.39 is 0 Å². The lowest BCUT2D eigenvalue weighted by atomic mass is 9.97. The maximum atomic E-state index is 6.18. The van der Waals surface area contributed by atoms with Gasteiger partial charge in [-0.3, -0.25) is 0 Å². The van der Waals surface area contributed by atoms with Gasteiger partial charge in [0, 0.05) is 5.33 Å². The fraction of sp³-hybridized carbons (Fsp3) is 0.571. The van der Waals surface area contributed by atoms with Crippen LogP contribution in [0.1, 0.15) is 43.8 Å². The molecule has 1 unspecified atom stereocenters. The molecule has 0 heterocycles. The van der Waals surface area contributed by atoms with Crippen molar-refractivity contribution in [2.24, 2.45) is 0 Å². The van der Waals surface area contributed by atoms with Gasteiger partial charge in [-0.15, -0.1) is 0 Å². The second-order valence-corrected chi connectivity index (χ2v) is 5.10. The Morgan fingerprint density at radius 3 is 2.44 bits per heavy atom. The Labute approximate surface area is 106 Å². The molecule has 2 rings (SSSR count). The second kappa shape index (κ2) is 6.41. The van der Waals surface area contributed by atoms with Gasteiger partial charge in [0.1, 0.15) is 0 Å². The number of rotatable bonds is 4. The van der Waals surface area contributed by atoms with E-state index in [4.69, 9.17) is 4.74 Å². The number of alkyl halides is 1. The maximum absolute atomic E-state index is 6.18. The van der Waals surface area contributed by atoms with Gasteiger partial charge in [0.2, 0.25) is 0 Å². The molecule has 1 atom stereocenters. The SMILES string of the molecule is BrCC(OC1CCCCC1)c1ccccc1. The van der Waals surface area contributed by atoms with Crippen LogP contribution in [-0.2, 0) is 4.74 Å². The Balaban J connectivity index is 1.94. The third-order valence-corrected chi connectivity index (χ3v) is 3.81. The van der Waals surface area contributed by atoms with Crippen molar-refractivity contribution >= 4 is 15.9 Å². The molecule has 16 heavy (non-hydrogen) atoms. The molecule has 0 N–H and O–H groups in total. The van der Waals surface area contributed by atoms with Crippen molar-refractivity contribution in [2.45, 2.75) is 44.3 Å². The highest BCUT2D eigenvalue weighted by molar-refractivity contribution is 9.09. The maximum Gasteiger partial charge on any atom is 0.0925 e. The molecule has 1 aliphatic carbocycles. The van der Waals surface area contributed by atoms with Gasteiger partial charge in [0.15, 0.2) is 0 Å². The quantitative estimate of drug-likeness (QED) is 0.741. The van der Waals surface area contributed by atoms with E-state index in [0.29, 0.717) is 6.10 Å². The van der Waals surface area contributed by atoms with Crippen LogP contribution in [0.15, 0.2) is 30.3 Å². The lowest BCUT2D eigenvalue weighted by Gasteiger charge is -2.27. The fourth-order valence-electron chi connectivity index (χ4n) is 2.31. The number of hydrogen-bond donors (Lipinski definition) is 0. The zero-order valence-electron chi connectivity index (χ0n) is 9.57. The normalized spacial score (nSPS) is 19.6. The highest BCUT2D eigenvalue weighted by atomic mass is 79.9. The van der Waals surface area contributed by atoms with Crippen LogP contribution in [0, 0.1) is 0 Å². The number of hydrogen-bond acceptors (Lipinski definition) is 1. The molecular weight excluding hydrogens is 264 g/mol. The fourth-order valence-corrected chi connectivity index (χ4v) is 2.83. The summed E-state index contributed by atoms with van der Waals surface area (Å²) in [4.78, 5) is 0. The summed E-state index contributed by atoms with van der Waals surface area (Å²) in [6.07, 6.45) is 7.18. The van der Waals surface area contributed by atoms with Gasteiger partial charge in [0.05, 0.1) is 12.2 Å². The summed E-state index contributed by atoms with van der Waals surface area (Å²) in [7, 11) is 0. The zero-order valence-corrected chi connectivity index (χ0v) is 11.2. The van der Waals surface area contributed by atoms with E-state index in [0.717, 1.165) is 5.33 Å². The molecule has 0 radical (unpaired) electrons. The van der Waals surface area contributed by atoms with Gasteiger partial charge >= 0.3 is 0 Å². The standard InChI is InChI=1S/C14H19BrO/c15-11-14(12-7-3-1-4-8-12)16-13-9-5-2-6-10-13/h1,3-4,7-8,13-14H,2,5-6,9-11H2. The Morgan fingerprint density at radius 2 is 1.81 bits per heavy atom. The van der Waals surface area contributed by atoms with E-state index in [2.05, 4.69) is 46.3 Å². The smallest absolute Gasteiger partial charge is 0.0925 e. The topological polar surface area (TPSA) is 9.23 Å². The average Bonchev–Trinajstić information content (AvgIpc) is 2.38. The molecule has 0 amide bonds. The van der Waals surface area contributed by atoms with E-state index in [9.17, 15) is 0 Å². The Bertz CT molecular complexity index is 293. The second-order valence-electron chi connectivity index (χ2n) is 4.45. The highest BCUT2D eigenvalue weighted by Gasteiger charge is 2.19. The molecule has 0 aliphatic heterocycles. The Morgan fingerprint density at radius 1 is 1.12 bits per heavy atom. The summed E-state index contributed by atoms with van der Waals surface area (Å²) in [5.74, 6) is 0. The summed E-state index contributed by atoms with van der Waals surface area (Å²) >= 11 is 3.55. The third kappa shape index (κ3) is 3.33. The number of halogens is 1. The third-order valence-electron chi connectivity index (χ3n) is 3.22. The molecule has 0 bridgehead atoms. The molecule has 1 aromatic rings. The molecule has 1 aliphatic rings. The minimum Gasteiger partial charge on any atom is -0.369 e.